The van der Waals surface area contributed by atoms with E-state index in [1.165, 1.54) is 0 Å². The van der Waals surface area contributed by atoms with Crippen molar-refractivity contribution in [2.75, 3.05) is 0 Å². The second-order valence-corrected chi connectivity index (χ2v) is 2.30. The number of rotatable bonds is 3. The Hall–Kier alpha value is -0.780. The van der Waals surface area contributed by atoms with Crippen molar-refractivity contribution in [2.24, 2.45) is 0 Å². The molecule has 0 aromatic heterocycles. The lowest BCUT2D eigenvalue weighted by Gasteiger charge is -2.20. The van der Waals surface area contributed by atoms with E-state index < -0.39 is 24.4 Å². The minimum absolute atomic E-state index is 0.880. The third-order valence-electron chi connectivity index (χ3n) is 1.10. The van der Waals surface area contributed by atoms with Crippen LogP contribution in [0, 0.1) is 0 Å². The minimum atomic E-state index is -4.48. The molecule has 12 heavy (non-hydrogen) atoms. The molecule has 0 fully saturated rings. The third-order valence-corrected chi connectivity index (χ3v) is 1.10. The maximum atomic E-state index is 12.4. The van der Waals surface area contributed by atoms with Gasteiger partial charge in [-0.1, -0.05) is 0 Å². The molecule has 0 saturated heterocycles. The lowest BCUT2D eigenvalue weighted by molar-refractivity contribution is -0.258. The molecule has 0 aliphatic carbocycles. The Bertz CT molecular complexity index is 166. The van der Waals surface area contributed by atoms with Gasteiger partial charge in [-0.25, -0.2) is 4.39 Å². The number of carbonyl (C=O) groups is 1. The summed E-state index contributed by atoms with van der Waals surface area (Å²) >= 11 is 0. The van der Waals surface area contributed by atoms with Crippen LogP contribution in [0.3, 0.4) is 0 Å². The summed E-state index contributed by atoms with van der Waals surface area (Å²) in [5, 5.41) is 7.87. The number of ether oxygens (including phenoxy) is 1. The van der Waals surface area contributed by atoms with Crippen molar-refractivity contribution < 1.29 is 27.8 Å². The van der Waals surface area contributed by atoms with Crippen molar-refractivity contribution in [3.05, 3.63) is 0 Å². The molecule has 72 valence electrons. The van der Waals surface area contributed by atoms with Gasteiger partial charge in [0.2, 0.25) is 6.17 Å². The molecule has 0 radical (unpaired) electrons. The van der Waals surface area contributed by atoms with Crippen LogP contribution >= 0.6 is 0 Å². The summed E-state index contributed by atoms with van der Waals surface area (Å²) in [5.74, 6) is -0.880. The standard InChI is InChI=1S/C6H9F3O3/c1-3(12-4(2)10)5(7)6(8,9)11/h3,5,11H,1-2H3. The predicted molar refractivity (Wildman–Crippen MR) is 33.3 cm³/mol. The van der Waals surface area contributed by atoms with Gasteiger partial charge in [0.15, 0.2) is 0 Å². The molecule has 6 heteroatoms. The van der Waals surface area contributed by atoms with Crippen LogP contribution in [0.2, 0.25) is 0 Å². The number of halogens is 3. The molecule has 0 bridgehead atoms. The number of hydrogen-bond acceptors (Lipinski definition) is 3. The molecule has 0 aliphatic rings. The highest BCUT2D eigenvalue weighted by molar-refractivity contribution is 5.66. The highest BCUT2D eigenvalue weighted by Gasteiger charge is 2.43. The molecule has 0 aliphatic heterocycles. The zero-order valence-corrected chi connectivity index (χ0v) is 6.55. The maximum Gasteiger partial charge on any atom is 0.388 e. The van der Waals surface area contributed by atoms with Gasteiger partial charge < -0.3 is 9.84 Å². The predicted octanol–water partition coefficient (Wildman–Crippen LogP) is 0.861. The summed E-state index contributed by atoms with van der Waals surface area (Å²) in [6.45, 7) is 1.88. The van der Waals surface area contributed by atoms with E-state index in [9.17, 15) is 18.0 Å². The zero-order valence-electron chi connectivity index (χ0n) is 6.55. The van der Waals surface area contributed by atoms with E-state index in [0.717, 1.165) is 13.8 Å². The summed E-state index contributed by atoms with van der Waals surface area (Å²) in [6.07, 6.45) is -9.04. The molecular weight excluding hydrogens is 177 g/mol. The van der Waals surface area contributed by atoms with Crippen molar-refractivity contribution in [1.82, 2.24) is 0 Å². The first-order valence-corrected chi connectivity index (χ1v) is 3.16. The lowest BCUT2D eigenvalue weighted by atomic mass is 10.2. The molecule has 0 heterocycles. The van der Waals surface area contributed by atoms with E-state index in [4.69, 9.17) is 5.11 Å². The average molecular weight is 186 g/mol. The summed E-state index contributed by atoms with van der Waals surface area (Å²) in [4.78, 5) is 10.2. The fraction of sp³-hybridized carbons (Fsp3) is 0.833. The average Bonchev–Trinajstić information content (AvgIpc) is 1.82. The van der Waals surface area contributed by atoms with Gasteiger partial charge in [-0.05, 0) is 6.92 Å². The largest absolute Gasteiger partial charge is 0.459 e. The van der Waals surface area contributed by atoms with E-state index in [-0.39, 0.29) is 0 Å². The molecule has 0 amide bonds. The van der Waals surface area contributed by atoms with Crippen LogP contribution in [0.4, 0.5) is 13.2 Å². The highest BCUT2D eigenvalue weighted by atomic mass is 19.3. The Morgan fingerprint density at radius 3 is 2.25 bits per heavy atom. The minimum Gasteiger partial charge on any atom is -0.459 e. The topological polar surface area (TPSA) is 46.5 Å². The van der Waals surface area contributed by atoms with E-state index >= 15 is 0 Å². The summed E-state index contributed by atoms with van der Waals surface area (Å²) in [7, 11) is 0. The second kappa shape index (κ2) is 3.75. The van der Waals surface area contributed by atoms with Crippen molar-refractivity contribution >= 4 is 5.97 Å². The molecular formula is C6H9F3O3. The fourth-order valence-corrected chi connectivity index (χ4v) is 0.604. The lowest BCUT2D eigenvalue weighted by Crippen LogP contribution is -2.39. The number of aliphatic hydroxyl groups is 1. The van der Waals surface area contributed by atoms with Gasteiger partial charge in [0, 0.05) is 6.92 Å². The molecule has 2 unspecified atom stereocenters. The van der Waals surface area contributed by atoms with Crippen molar-refractivity contribution in [3.63, 3.8) is 0 Å². The van der Waals surface area contributed by atoms with Crippen molar-refractivity contribution in [1.29, 1.82) is 0 Å². The first kappa shape index (κ1) is 11.2. The van der Waals surface area contributed by atoms with Gasteiger partial charge in [-0.15, -0.1) is 0 Å². The Morgan fingerprint density at radius 2 is 2.00 bits per heavy atom. The summed E-state index contributed by atoms with van der Waals surface area (Å²) < 4.78 is 40.1. The van der Waals surface area contributed by atoms with Gasteiger partial charge in [0.25, 0.3) is 0 Å². The summed E-state index contributed by atoms with van der Waals surface area (Å²) in [5.41, 5.74) is 0. The first-order chi connectivity index (χ1) is 5.25. The van der Waals surface area contributed by atoms with Crippen molar-refractivity contribution in [2.45, 2.75) is 32.2 Å². The van der Waals surface area contributed by atoms with Crippen LogP contribution in [0.15, 0.2) is 0 Å². The highest BCUT2D eigenvalue weighted by Crippen LogP contribution is 2.22. The Morgan fingerprint density at radius 1 is 1.58 bits per heavy atom. The SMILES string of the molecule is CC(=O)OC(C)C(F)C(O)(F)F. The fourth-order valence-electron chi connectivity index (χ4n) is 0.604. The molecule has 0 saturated carbocycles. The molecule has 0 aromatic carbocycles. The molecule has 3 nitrogen and oxygen atoms in total. The third kappa shape index (κ3) is 3.56. The van der Waals surface area contributed by atoms with Crippen LogP contribution in [0.25, 0.3) is 0 Å². The molecule has 2 atom stereocenters. The van der Waals surface area contributed by atoms with Gasteiger partial charge in [-0.2, -0.15) is 8.78 Å². The monoisotopic (exact) mass is 186 g/mol. The van der Waals surface area contributed by atoms with Crippen LogP contribution in [0.5, 0.6) is 0 Å². The van der Waals surface area contributed by atoms with E-state index in [1.807, 2.05) is 0 Å². The van der Waals surface area contributed by atoms with E-state index in [0.29, 0.717) is 0 Å². The Labute approximate surface area is 67.1 Å². The molecule has 0 spiro atoms. The molecule has 0 rings (SSSR count). The molecule has 0 aromatic rings. The van der Waals surface area contributed by atoms with Crippen LogP contribution in [-0.4, -0.2) is 29.5 Å². The number of carbonyl (C=O) groups excluding carboxylic acids is 1. The van der Waals surface area contributed by atoms with E-state index in [1.54, 1.807) is 0 Å². The Kier molecular flexibility index (Phi) is 3.51. The molecule has 1 N–H and O–H groups in total. The normalized spacial score (nSPS) is 16.8. The zero-order chi connectivity index (χ0) is 9.94. The van der Waals surface area contributed by atoms with E-state index in [2.05, 4.69) is 4.74 Å². The van der Waals surface area contributed by atoms with Gasteiger partial charge in [0.05, 0.1) is 0 Å². The number of esters is 1. The quantitative estimate of drug-likeness (QED) is 0.665. The first-order valence-electron chi connectivity index (χ1n) is 3.16. The van der Waals surface area contributed by atoms with Gasteiger partial charge in [-0.3, -0.25) is 4.79 Å². The van der Waals surface area contributed by atoms with Crippen molar-refractivity contribution in [3.8, 4) is 0 Å². The smallest absolute Gasteiger partial charge is 0.388 e. The number of hydrogen-bond donors (Lipinski definition) is 1. The maximum absolute atomic E-state index is 12.4. The second-order valence-electron chi connectivity index (χ2n) is 2.30. The van der Waals surface area contributed by atoms with Gasteiger partial charge in [0.1, 0.15) is 6.10 Å². The van der Waals surface area contributed by atoms with Crippen LogP contribution in [0.1, 0.15) is 13.8 Å². The Balaban J connectivity index is 4.10. The number of alkyl halides is 3. The van der Waals surface area contributed by atoms with Crippen LogP contribution < -0.4 is 0 Å². The van der Waals surface area contributed by atoms with Crippen LogP contribution in [-0.2, 0) is 9.53 Å². The summed E-state index contributed by atoms with van der Waals surface area (Å²) in [6, 6.07) is 0. The van der Waals surface area contributed by atoms with Gasteiger partial charge >= 0.3 is 12.1 Å².